The molecule has 10 aromatic carbocycles. The van der Waals surface area contributed by atoms with Crippen LogP contribution in [-0.2, 0) is 0 Å². The van der Waals surface area contributed by atoms with Gasteiger partial charge in [-0.25, -0.2) is 9.97 Å². The third kappa shape index (κ3) is 5.51. The number of benzene rings is 10. The van der Waals surface area contributed by atoms with Crippen LogP contribution in [0.3, 0.4) is 0 Å². The molecule has 56 heavy (non-hydrogen) atoms. The highest BCUT2D eigenvalue weighted by Crippen LogP contribution is 2.40. The van der Waals surface area contributed by atoms with E-state index in [0.717, 1.165) is 33.6 Å². The van der Waals surface area contributed by atoms with E-state index >= 15 is 0 Å². The van der Waals surface area contributed by atoms with Gasteiger partial charge in [0.05, 0.1) is 11.4 Å². The summed E-state index contributed by atoms with van der Waals surface area (Å²) in [5.74, 6) is 0.701. The van der Waals surface area contributed by atoms with Gasteiger partial charge in [0, 0.05) is 16.7 Å². The first kappa shape index (κ1) is 32.0. The molecule has 0 spiro atoms. The fourth-order valence-electron chi connectivity index (χ4n) is 8.43. The molecule has 11 rings (SSSR count). The van der Waals surface area contributed by atoms with Crippen LogP contribution in [0.2, 0.25) is 0 Å². The molecule has 0 radical (unpaired) electrons. The van der Waals surface area contributed by atoms with Gasteiger partial charge in [-0.3, -0.25) is 0 Å². The minimum atomic E-state index is 0.701. The normalized spacial score (nSPS) is 11.6. The summed E-state index contributed by atoms with van der Waals surface area (Å²) in [6.07, 6.45) is 0. The fourth-order valence-corrected chi connectivity index (χ4v) is 8.43. The maximum atomic E-state index is 5.23. The molecule has 1 aromatic heterocycles. The van der Waals surface area contributed by atoms with E-state index < -0.39 is 0 Å². The number of hydrogen-bond donors (Lipinski definition) is 0. The van der Waals surface area contributed by atoms with Gasteiger partial charge in [0.2, 0.25) is 0 Å². The molecule has 0 fully saturated rings. The van der Waals surface area contributed by atoms with E-state index in [9.17, 15) is 0 Å². The van der Waals surface area contributed by atoms with Gasteiger partial charge < -0.3 is 0 Å². The first-order chi connectivity index (χ1) is 27.7. The van der Waals surface area contributed by atoms with Crippen LogP contribution in [0.5, 0.6) is 0 Å². The number of rotatable bonds is 5. The lowest BCUT2D eigenvalue weighted by molar-refractivity contribution is 1.18. The quantitative estimate of drug-likeness (QED) is 0.131. The van der Waals surface area contributed by atoms with Gasteiger partial charge in [0.15, 0.2) is 5.82 Å². The summed E-state index contributed by atoms with van der Waals surface area (Å²) in [5.41, 5.74) is 9.64. The highest BCUT2D eigenvalue weighted by atomic mass is 14.9. The molecule has 0 aliphatic carbocycles. The Balaban J connectivity index is 1.05. The molecular formula is C54H34N2. The van der Waals surface area contributed by atoms with Gasteiger partial charge in [0.25, 0.3) is 0 Å². The Kier molecular flexibility index (Phi) is 7.53. The van der Waals surface area contributed by atoms with Crippen LogP contribution in [0.15, 0.2) is 206 Å². The third-order valence-electron chi connectivity index (χ3n) is 11.3. The summed E-state index contributed by atoms with van der Waals surface area (Å²) in [6, 6.07) is 74.1. The molecule has 0 aliphatic rings. The van der Waals surface area contributed by atoms with Gasteiger partial charge in [0.1, 0.15) is 0 Å². The Labute approximate surface area is 325 Å². The van der Waals surface area contributed by atoms with Crippen molar-refractivity contribution in [2.45, 2.75) is 0 Å². The molecule has 0 atom stereocenters. The van der Waals surface area contributed by atoms with Gasteiger partial charge in [-0.2, -0.15) is 0 Å². The maximum Gasteiger partial charge on any atom is 0.160 e. The molecule has 0 saturated carbocycles. The van der Waals surface area contributed by atoms with E-state index in [0.29, 0.717) is 5.82 Å². The fraction of sp³-hybridized carbons (Fsp3) is 0. The number of fused-ring (bicyclic) bond motifs is 7. The van der Waals surface area contributed by atoms with Crippen molar-refractivity contribution < 1.29 is 0 Å². The van der Waals surface area contributed by atoms with Crippen molar-refractivity contribution in [3.63, 3.8) is 0 Å². The van der Waals surface area contributed by atoms with Crippen LogP contribution in [0, 0.1) is 0 Å². The zero-order chi connectivity index (χ0) is 37.0. The van der Waals surface area contributed by atoms with Crippen LogP contribution in [-0.4, -0.2) is 9.97 Å². The molecule has 0 N–H and O–H groups in total. The van der Waals surface area contributed by atoms with Gasteiger partial charge in [-0.05, 0) is 94.3 Å². The molecule has 0 saturated heterocycles. The molecule has 2 nitrogen and oxygen atoms in total. The Morgan fingerprint density at radius 2 is 0.696 bits per heavy atom. The largest absolute Gasteiger partial charge is 0.228 e. The lowest BCUT2D eigenvalue weighted by Crippen LogP contribution is -1.96. The van der Waals surface area contributed by atoms with E-state index in [2.05, 4.69) is 200 Å². The monoisotopic (exact) mass is 710 g/mol. The van der Waals surface area contributed by atoms with Crippen LogP contribution < -0.4 is 0 Å². The summed E-state index contributed by atoms with van der Waals surface area (Å²) in [7, 11) is 0. The summed E-state index contributed by atoms with van der Waals surface area (Å²) in [6.45, 7) is 0. The second kappa shape index (κ2) is 13.2. The van der Waals surface area contributed by atoms with Crippen LogP contribution in [0.1, 0.15) is 0 Å². The Morgan fingerprint density at radius 3 is 1.45 bits per heavy atom. The van der Waals surface area contributed by atoms with Crippen molar-refractivity contribution in [2.24, 2.45) is 0 Å². The molecule has 0 bridgehead atoms. The van der Waals surface area contributed by atoms with Gasteiger partial charge in [-0.1, -0.05) is 188 Å². The molecule has 11 aromatic rings. The molecule has 0 unspecified atom stereocenters. The molecule has 1 heterocycles. The highest BCUT2D eigenvalue weighted by molar-refractivity contribution is 6.20. The van der Waals surface area contributed by atoms with Gasteiger partial charge >= 0.3 is 0 Å². The Hall–Kier alpha value is -7.42. The molecule has 2 heteroatoms. The lowest BCUT2D eigenvalue weighted by atomic mass is 9.89. The zero-order valence-electron chi connectivity index (χ0n) is 30.5. The summed E-state index contributed by atoms with van der Waals surface area (Å²) in [5, 5.41) is 12.5. The molecule has 260 valence electrons. The summed E-state index contributed by atoms with van der Waals surface area (Å²) in [4.78, 5) is 10.4. The van der Waals surface area contributed by atoms with E-state index in [1.165, 1.54) is 70.6 Å². The van der Waals surface area contributed by atoms with Crippen LogP contribution in [0.25, 0.3) is 110 Å². The lowest BCUT2D eigenvalue weighted by Gasteiger charge is -2.15. The van der Waals surface area contributed by atoms with Crippen molar-refractivity contribution in [1.29, 1.82) is 0 Å². The predicted molar refractivity (Wildman–Crippen MR) is 237 cm³/mol. The third-order valence-corrected chi connectivity index (χ3v) is 11.3. The smallest absolute Gasteiger partial charge is 0.160 e. The first-order valence-corrected chi connectivity index (χ1v) is 19.1. The highest BCUT2D eigenvalue weighted by Gasteiger charge is 2.15. The zero-order valence-corrected chi connectivity index (χ0v) is 30.5. The maximum absolute atomic E-state index is 5.23. The van der Waals surface area contributed by atoms with Crippen molar-refractivity contribution >= 4 is 53.9 Å². The second-order valence-electron chi connectivity index (χ2n) is 14.6. The molecule has 0 amide bonds. The van der Waals surface area contributed by atoms with Crippen molar-refractivity contribution in [2.75, 3.05) is 0 Å². The standard InChI is InChI=1S/C54H34N2/c1-2-10-35(11-3-1)36-18-25-41(26-19-36)54-55-51(34-52(56-54)44-29-30-47-43(32-44)27-20-37-12-4-7-15-45(37)47)39-21-23-40(24-22-39)53-48-17-9-6-14-42(48)33-50-46-16-8-5-13-38(46)28-31-49(50)53/h1-34H. The first-order valence-electron chi connectivity index (χ1n) is 19.1. The number of hydrogen-bond acceptors (Lipinski definition) is 2. The van der Waals surface area contributed by atoms with Crippen molar-refractivity contribution in [3.05, 3.63) is 206 Å². The summed E-state index contributed by atoms with van der Waals surface area (Å²) < 4.78 is 0. The number of nitrogens with zero attached hydrogens (tertiary/aromatic N) is 2. The van der Waals surface area contributed by atoms with E-state index in [-0.39, 0.29) is 0 Å². The summed E-state index contributed by atoms with van der Waals surface area (Å²) >= 11 is 0. The van der Waals surface area contributed by atoms with E-state index in [4.69, 9.17) is 9.97 Å². The van der Waals surface area contributed by atoms with Crippen molar-refractivity contribution in [3.8, 4) is 56.2 Å². The molecular weight excluding hydrogens is 677 g/mol. The SMILES string of the molecule is c1ccc(-c2ccc(-c3nc(-c4ccc(-c5c6ccccc6cc6c5ccc5ccccc56)cc4)cc(-c4ccc5c(ccc6ccccc65)c4)n3)cc2)cc1. The average Bonchev–Trinajstić information content (AvgIpc) is 3.28. The minimum absolute atomic E-state index is 0.701. The molecule has 0 aliphatic heterocycles. The minimum Gasteiger partial charge on any atom is -0.228 e. The van der Waals surface area contributed by atoms with E-state index in [1.54, 1.807) is 0 Å². The van der Waals surface area contributed by atoms with Crippen molar-refractivity contribution in [1.82, 2.24) is 9.97 Å². The Bertz CT molecular complexity index is 3270. The number of aromatic nitrogens is 2. The van der Waals surface area contributed by atoms with Gasteiger partial charge in [-0.15, -0.1) is 0 Å². The predicted octanol–water partition coefficient (Wildman–Crippen LogP) is 14.6. The Morgan fingerprint density at radius 1 is 0.232 bits per heavy atom. The second-order valence-corrected chi connectivity index (χ2v) is 14.6. The van der Waals surface area contributed by atoms with Crippen LogP contribution in [0.4, 0.5) is 0 Å². The van der Waals surface area contributed by atoms with E-state index in [1.807, 2.05) is 6.07 Å². The van der Waals surface area contributed by atoms with Crippen LogP contribution >= 0.6 is 0 Å². The topological polar surface area (TPSA) is 25.8 Å². The average molecular weight is 711 g/mol.